The van der Waals surface area contributed by atoms with Crippen LogP contribution in [0.5, 0.6) is 0 Å². The predicted octanol–water partition coefficient (Wildman–Crippen LogP) is 1.20. The highest BCUT2D eigenvalue weighted by Crippen LogP contribution is 2.27. The van der Waals surface area contributed by atoms with Gasteiger partial charge in [-0.1, -0.05) is 6.07 Å². The zero-order chi connectivity index (χ0) is 13.5. The van der Waals surface area contributed by atoms with E-state index < -0.39 is 0 Å². The molecule has 5 heteroatoms. The monoisotopic (exact) mass is 260 g/mol. The standard InChI is InChI=1S/C14H22N5/c1-19(2)10-5-7-17(9-11-19)14-13(15)12-6-3-4-8-18(12)16-14/h3-4,6,8H,5,7,9-11,15H2,1-2H3/q+1. The molecule has 2 N–H and O–H groups in total. The van der Waals surface area contributed by atoms with E-state index in [1.165, 1.54) is 13.0 Å². The van der Waals surface area contributed by atoms with E-state index in [0.717, 1.165) is 41.1 Å². The summed E-state index contributed by atoms with van der Waals surface area (Å²) in [5, 5.41) is 4.64. The van der Waals surface area contributed by atoms with Crippen molar-refractivity contribution in [3.8, 4) is 0 Å². The molecular formula is C14H22N5+. The molecule has 1 saturated heterocycles. The topological polar surface area (TPSA) is 46.6 Å². The number of pyridine rings is 1. The fourth-order valence-electron chi connectivity index (χ4n) is 2.76. The molecule has 1 aliphatic heterocycles. The molecule has 0 radical (unpaired) electrons. The van der Waals surface area contributed by atoms with Crippen LogP contribution in [0, 0.1) is 0 Å². The molecule has 102 valence electrons. The van der Waals surface area contributed by atoms with Crippen LogP contribution in [0.2, 0.25) is 0 Å². The first-order valence-corrected chi connectivity index (χ1v) is 6.87. The Morgan fingerprint density at radius 2 is 2.05 bits per heavy atom. The lowest BCUT2D eigenvalue weighted by Gasteiger charge is -2.28. The Hall–Kier alpha value is -1.75. The molecule has 2 aromatic rings. The SMILES string of the molecule is C[N+]1(C)CCCN(c2nn3ccccc3c2N)CC1. The van der Waals surface area contributed by atoms with Gasteiger partial charge in [0.1, 0.15) is 5.69 Å². The largest absolute Gasteiger partial charge is 0.394 e. The van der Waals surface area contributed by atoms with Crippen LogP contribution in [0.1, 0.15) is 6.42 Å². The lowest BCUT2D eigenvalue weighted by molar-refractivity contribution is -0.887. The van der Waals surface area contributed by atoms with E-state index >= 15 is 0 Å². The Morgan fingerprint density at radius 1 is 1.21 bits per heavy atom. The Kier molecular flexibility index (Phi) is 2.86. The third-order valence-corrected chi connectivity index (χ3v) is 4.02. The minimum Gasteiger partial charge on any atom is -0.394 e. The van der Waals surface area contributed by atoms with Crippen molar-refractivity contribution in [3.63, 3.8) is 0 Å². The van der Waals surface area contributed by atoms with Crippen molar-refractivity contribution < 1.29 is 4.48 Å². The van der Waals surface area contributed by atoms with Crippen molar-refractivity contribution in [1.82, 2.24) is 9.61 Å². The van der Waals surface area contributed by atoms with Crippen LogP contribution in [0.25, 0.3) is 5.52 Å². The number of nitrogens with zero attached hydrogens (tertiary/aromatic N) is 4. The molecule has 1 fully saturated rings. The minimum absolute atomic E-state index is 0.799. The summed E-state index contributed by atoms with van der Waals surface area (Å²) in [4.78, 5) is 2.33. The zero-order valence-corrected chi connectivity index (χ0v) is 11.7. The van der Waals surface area contributed by atoms with E-state index in [-0.39, 0.29) is 0 Å². The number of quaternary nitrogens is 1. The van der Waals surface area contributed by atoms with E-state index in [0.29, 0.717) is 0 Å². The third kappa shape index (κ3) is 2.26. The highest BCUT2D eigenvalue weighted by atomic mass is 15.4. The van der Waals surface area contributed by atoms with Gasteiger partial charge in [-0.3, -0.25) is 0 Å². The summed E-state index contributed by atoms with van der Waals surface area (Å²) >= 11 is 0. The lowest BCUT2D eigenvalue weighted by Crippen LogP contribution is -2.42. The number of rotatable bonds is 1. The summed E-state index contributed by atoms with van der Waals surface area (Å²) < 4.78 is 2.94. The van der Waals surface area contributed by atoms with Gasteiger partial charge in [0.25, 0.3) is 0 Å². The van der Waals surface area contributed by atoms with Gasteiger partial charge < -0.3 is 15.1 Å². The van der Waals surface area contributed by atoms with Gasteiger partial charge in [0, 0.05) is 19.2 Å². The number of hydrogen-bond acceptors (Lipinski definition) is 3. The number of anilines is 2. The van der Waals surface area contributed by atoms with E-state index in [2.05, 4.69) is 24.1 Å². The first kappa shape index (κ1) is 12.3. The maximum Gasteiger partial charge on any atom is 0.175 e. The third-order valence-electron chi connectivity index (χ3n) is 4.02. The second kappa shape index (κ2) is 4.42. The van der Waals surface area contributed by atoms with Crippen LogP contribution in [0.3, 0.4) is 0 Å². The molecule has 5 nitrogen and oxygen atoms in total. The molecule has 19 heavy (non-hydrogen) atoms. The van der Waals surface area contributed by atoms with E-state index in [1.54, 1.807) is 0 Å². The molecule has 0 saturated carbocycles. The van der Waals surface area contributed by atoms with Crippen molar-refractivity contribution in [3.05, 3.63) is 24.4 Å². The highest BCUT2D eigenvalue weighted by Gasteiger charge is 2.24. The molecule has 1 aliphatic rings. The van der Waals surface area contributed by atoms with E-state index in [9.17, 15) is 0 Å². The molecule has 3 heterocycles. The van der Waals surface area contributed by atoms with Crippen LogP contribution in [0.15, 0.2) is 24.4 Å². The van der Waals surface area contributed by atoms with Gasteiger partial charge in [0.2, 0.25) is 0 Å². The van der Waals surface area contributed by atoms with Gasteiger partial charge in [0.05, 0.1) is 39.2 Å². The summed E-state index contributed by atoms with van der Waals surface area (Å²) in [6.45, 7) is 4.40. The van der Waals surface area contributed by atoms with Crippen molar-refractivity contribution >= 4 is 17.0 Å². The summed E-state index contributed by atoms with van der Waals surface area (Å²) in [5.41, 5.74) is 8.05. The summed E-state index contributed by atoms with van der Waals surface area (Å²) in [6.07, 6.45) is 3.13. The van der Waals surface area contributed by atoms with Gasteiger partial charge in [-0.25, -0.2) is 4.52 Å². The van der Waals surface area contributed by atoms with Crippen molar-refractivity contribution in [2.75, 3.05) is 50.9 Å². The van der Waals surface area contributed by atoms with Crippen molar-refractivity contribution in [1.29, 1.82) is 0 Å². The summed E-state index contributed by atoms with van der Waals surface area (Å²) in [7, 11) is 4.58. The maximum atomic E-state index is 6.26. The summed E-state index contributed by atoms with van der Waals surface area (Å²) in [6, 6.07) is 5.99. The Balaban J connectivity index is 1.93. The molecule has 0 aliphatic carbocycles. The molecule has 0 amide bonds. The molecule has 0 bridgehead atoms. The quantitative estimate of drug-likeness (QED) is 0.784. The minimum atomic E-state index is 0.799. The fraction of sp³-hybridized carbons (Fsp3) is 0.500. The normalized spacial score (nSPS) is 19.6. The zero-order valence-electron chi connectivity index (χ0n) is 11.7. The first-order valence-electron chi connectivity index (χ1n) is 6.87. The van der Waals surface area contributed by atoms with E-state index in [4.69, 9.17) is 5.73 Å². The molecule has 0 aromatic carbocycles. The Bertz CT molecular complexity index is 587. The lowest BCUT2D eigenvalue weighted by atomic mass is 10.3. The number of likely N-dealkylation sites (N-methyl/N-ethyl adjacent to an activating group) is 1. The molecule has 0 spiro atoms. The van der Waals surface area contributed by atoms with Crippen LogP contribution in [0.4, 0.5) is 11.5 Å². The summed E-state index contributed by atoms with van der Waals surface area (Å²) in [5.74, 6) is 0.938. The molecule has 3 rings (SSSR count). The smallest absolute Gasteiger partial charge is 0.175 e. The van der Waals surface area contributed by atoms with Crippen LogP contribution >= 0.6 is 0 Å². The van der Waals surface area contributed by atoms with Crippen LogP contribution in [-0.4, -0.2) is 54.4 Å². The van der Waals surface area contributed by atoms with Crippen LogP contribution in [-0.2, 0) is 0 Å². The van der Waals surface area contributed by atoms with Crippen molar-refractivity contribution in [2.45, 2.75) is 6.42 Å². The second-order valence-corrected chi connectivity index (χ2v) is 5.99. The number of aromatic nitrogens is 2. The van der Waals surface area contributed by atoms with Gasteiger partial charge in [-0.2, -0.15) is 0 Å². The van der Waals surface area contributed by atoms with Gasteiger partial charge in [0.15, 0.2) is 5.82 Å². The number of nitrogens with two attached hydrogens (primary N) is 1. The molecule has 2 aromatic heterocycles. The first-order chi connectivity index (χ1) is 9.07. The van der Waals surface area contributed by atoms with Crippen molar-refractivity contribution in [2.24, 2.45) is 0 Å². The van der Waals surface area contributed by atoms with Gasteiger partial charge in [-0.15, -0.1) is 5.10 Å². The average Bonchev–Trinajstić information content (AvgIpc) is 2.60. The highest BCUT2D eigenvalue weighted by molar-refractivity contribution is 5.81. The van der Waals surface area contributed by atoms with Gasteiger partial charge in [-0.05, 0) is 12.1 Å². The van der Waals surface area contributed by atoms with Crippen LogP contribution < -0.4 is 10.6 Å². The number of nitrogen functional groups attached to an aromatic ring is 1. The number of hydrogen-bond donors (Lipinski definition) is 1. The van der Waals surface area contributed by atoms with E-state index in [1.807, 2.05) is 28.9 Å². The molecular weight excluding hydrogens is 238 g/mol. The average molecular weight is 260 g/mol. The Labute approximate surface area is 113 Å². The Morgan fingerprint density at radius 3 is 2.84 bits per heavy atom. The molecule has 0 atom stereocenters. The predicted molar refractivity (Wildman–Crippen MR) is 78.3 cm³/mol. The maximum absolute atomic E-state index is 6.26. The number of fused-ring (bicyclic) bond motifs is 1. The van der Waals surface area contributed by atoms with Gasteiger partial charge >= 0.3 is 0 Å². The molecule has 0 unspecified atom stereocenters. The second-order valence-electron chi connectivity index (χ2n) is 5.99. The fourth-order valence-corrected chi connectivity index (χ4v) is 2.76.